The number of likely N-dealkylation sites (tertiary alicyclic amines) is 1. The maximum atomic E-state index is 13.5. The quantitative estimate of drug-likeness (QED) is 0.126. The first-order chi connectivity index (χ1) is 21.4. The Bertz CT molecular complexity index is 1620. The maximum Gasteiger partial charge on any atom is 0.295 e. The second-order valence-corrected chi connectivity index (χ2v) is 10.8. The maximum absolute atomic E-state index is 13.5. The van der Waals surface area contributed by atoms with Gasteiger partial charge in [0, 0.05) is 18.7 Å². The monoisotopic (exact) mass is 592 g/mol. The molecule has 0 aromatic heterocycles. The van der Waals surface area contributed by atoms with Crippen molar-refractivity contribution in [3.8, 4) is 17.2 Å². The van der Waals surface area contributed by atoms with Gasteiger partial charge in [0.15, 0.2) is 11.5 Å². The van der Waals surface area contributed by atoms with E-state index in [2.05, 4.69) is 0 Å². The number of aliphatic hydroxyl groups excluding tert-OH is 1. The smallest absolute Gasteiger partial charge is 0.295 e. The van der Waals surface area contributed by atoms with Crippen LogP contribution in [0.5, 0.6) is 17.2 Å². The summed E-state index contributed by atoms with van der Waals surface area (Å²) in [5, 5.41) is 11.5. The van der Waals surface area contributed by atoms with Gasteiger partial charge in [-0.15, -0.1) is 0 Å². The van der Waals surface area contributed by atoms with E-state index in [1.165, 1.54) is 4.90 Å². The predicted octanol–water partition coefficient (Wildman–Crippen LogP) is 5.84. The molecule has 1 aliphatic rings. The summed E-state index contributed by atoms with van der Waals surface area (Å²) in [6.07, 6.45) is 0. The first kappa shape index (κ1) is 30.4. The highest BCUT2D eigenvalue weighted by molar-refractivity contribution is 6.46. The molecule has 1 saturated heterocycles. The number of ether oxygens (including phenoxy) is 3. The first-order valence-corrected chi connectivity index (χ1v) is 14.4. The van der Waals surface area contributed by atoms with Gasteiger partial charge in [-0.3, -0.25) is 9.59 Å². The molecule has 4 aromatic carbocycles. The number of hydrogen-bond acceptors (Lipinski definition) is 7. The van der Waals surface area contributed by atoms with Gasteiger partial charge in [-0.1, -0.05) is 66.7 Å². The van der Waals surface area contributed by atoms with Gasteiger partial charge in [0.25, 0.3) is 11.7 Å². The zero-order valence-electron chi connectivity index (χ0n) is 25.1. The summed E-state index contributed by atoms with van der Waals surface area (Å²) < 4.78 is 17.6. The highest BCUT2D eigenvalue weighted by Crippen LogP contribution is 2.42. The van der Waals surface area contributed by atoms with E-state index in [9.17, 15) is 14.7 Å². The lowest BCUT2D eigenvalue weighted by Crippen LogP contribution is -2.35. The standard InChI is InChI=1S/C36H36N2O6/c1-37(2)20-21-38-33(28-16-19-30(31(22-28)42-3)44-24-26-12-8-5-9-13-26)32(35(40)36(38)41)34(39)27-14-17-29(18-15-27)43-23-25-10-6-4-7-11-25/h4-19,22,33,39H,20-21,23-24H2,1-3H3/b34-32+. The molecule has 1 aliphatic heterocycles. The predicted molar refractivity (Wildman–Crippen MR) is 169 cm³/mol. The van der Waals surface area contributed by atoms with Crippen molar-refractivity contribution >= 4 is 17.4 Å². The number of benzene rings is 4. The number of carbonyl (C=O) groups excluding carboxylic acids is 2. The van der Waals surface area contributed by atoms with Gasteiger partial charge < -0.3 is 29.1 Å². The number of amides is 1. The zero-order chi connectivity index (χ0) is 31.1. The van der Waals surface area contributed by atoms with Crippen molar-refractivity contribution < 1.29 is 28.9 Å². The van der Waals surface area contributed by atoms with E-state index in [0.717, 1.165) is 11.1 Å². The Balaban J connectivity index is 1.46. The van der Waals surface area contributed by atoms with Crippen molar-refractivity contribution in [3.05, 3.63) is 131 Å². The molecule has 1 N–H and O–H groups in total. The first-order valence-electron chi connectivity index (χ1n) is 14.4. The van der Waals surface area contributed by atoms with Crippen molar-refractivity contribution in [2.45, 2.75) is 19.3 Å². The van der Waals surface area contributed by atoms with Crippen LogP contribution in [0.4, 0.5) is 0 Å². The highest BCUT2D eigenvalue weighted by atomic mass is 16.5. The topological polar surface area (TPSA) is 88.5 Å². The second-order valence-electron chi connectivity index (χ2n) is 10.8. The number of aliphatic hydroxyl groups is 1. The van der Waals surface area contributed by atoms with E-state index in [1.807, 2.05) is 79.7 Å². The van der Waals surface area contributed by atoms with E-state index in [0.29, 0.717) is 54.7 Å². The number of nitrogens with zero attached hydrogens (tertiary/aromatic N) is 2. The Morgan fingerprint density at radius 3 is 2.00 bits per heavy atom. The number of carbonyl (C=O) groups is 2. The normalized spacial score (nSPS) is 15.9. The lowest BCUT2D eigenvalue weighted by molar-refractivity contribution is -0.140. The van der Waals surface area contributed by atoms with Crippen molar-refractivity contribution in [2.75, 3.05) is 34.3 Å². The van der Waals surface area contributed by atoms with Gasteiger partial charge in [-0.25, -0.2) is 0 Å². The van der Waals surface area contributed by atoms with Crippen LogP contribution in [0.3, 0.4) is 0 Å². The minimum atomic E-state index is -0.818. The van der Waals surface area contributed by atoms with Gasteiger partial charge in [-0.05, 0) is 67.2 Å². The van der Waals surface area contributed by atoms with E-state index < -0.39 is 17.7 Å². The average molecular weight is 593 g/mol. The van der Waals surface area contributed by atoms with Crippen LogP contribution in [0.15, 0.2) is 109 Å². The molecule has 0 bridgehead atoms. The molecular formula is C36H36N2O6. The Labute approximate surface area is 257 Å². The van der Waals surface area contributed by atoms with Gasteiger partial charge in [0.2, 0.25) is 0 Å². The molecule has 5 rings (SSSR count). The molecule has 1 heterocycles. The fraction of sp³-hybridized carbons (Fsp3) is 0.222. The third kappa shape index (κ3) is 6.93. The van der Waals surface area contributed by atoms with Crippen molar-refractivity contribution in [3.63, 3.8) is 0 Å². The van der Waals surface area contributed by atoms with Crippen LogP contribution in [0.1, 0.15) is 28.3 Å². The number of ketones is 1. The Hall–Kier alpha value is -5.08. The summed E-state index contributed by atoms with van der Waals surface area (Å²) in [6.45, 7) is 1.57. The summed E-state index contributed by atoms with van der Waals surface area (Å²) in [7, 11) is 5.34. The molecule has 4 aromatic rings. The molecule has 0 aliphatic carbocycles. The lowest BCUT2D eigenvalue weighted by Gasteiger charge is -2.27. The fourth-order valence-corrected chi connectivity index (χ4v) is 5.08. The van der Waals surface area contributed by atoms with Crippen LogP contribution >= 0.6 is 0 Å². The van der Waals surface area contributed by atoms with Crippen LogP contribution in [0.2, 0.25) is 0 Å². The van der Waals surface area contributed by atoms with Crippen LogP contribution in [-0.4, -0.2) is 60.9 Å². The van der Waals surface area contributed by atoms with Crippen molar-refractivity contribution in [1.29, 1.82) is 0 Å². The third-order valence-electron chi connectivity index (χ3n) is 7.44. The fourth-order valence-electron chi connectivity index (χ4n) is 5.08. The van der Waals surface area contributed by atoms with Crippen LogP contribution < -0.4 is 14.2 Å². The van der Waals surface area contributed by atoms with E-state index in [-0.39, 0.29) is 11.3 Å². The Morgan fingerprint density at radius 2 is 1.41 bits per heavy atom. The molecule has 0 radical (unpaired) electrons. The third-order valence-corrected chi connectivity index (χ3v) is 7.44. The van der Waals surface area contributed by atoms with Gasteiger partial charge in [-0.2, -0.15) is 0 Å². The molecule has 1 amide bonds. The molecule has 1 unspecified atom stereocenters. The molecule has 226 valence electrons. The van der Waals surface area contributed by atoms with Crippen LogP contribution in [-0.2, 0) is 22.8 Å². The minimum absolute atomic E-state index is 0.0201. The minimum Gasteiger partial charge on any atom is -0.507 e. The molecular weight excluding hydrogens is 556 g/mol. The summed E-state index contributed by atoms with van der Waals surface area (Å²) in [5.41, 5.74) is 3.08. The number of hydrogen-bond donors (Lipinski definition) is 1. The molecule has 8 heteroatoms. The van der Waals surface area contributed by atoms with E-state index in [4.69, 9.17) is 14.2 Å². The number of likely N-dealkylation sites (N-methyl/N-ethyl adjacent to an activating group) is 1. The van der Waals surface area contributed by atoms with Gasteiger partial charge in [0.1, 0.15) is 24.7 Å². The molecule has 0 saturated carbocycles. The largest absolute Gasteiger partial charge is 0.507 e. The van der Waals surface area contributed by atoms with Crippen molar-refractivity contribution in [2.24, 2.45) is 0 Å². The van der Waals surface area contributed by atoms with Crippen LogP contribution in [0, 0.1) is 0 Å². The van der Waals surface area contributed by atoms with Gasteiger partial charge in [0.05, 0.1) is 18.7 Å². The Morgan fingerprint density at radius 1 is 0.795 bits per heavy atom. The van der Waals surface area contributed by atoms with Gasteiger partial charge >= 0.3 is 0 Å². The number of Topliss-reactive ketones (excluding diaryl/α,β-unsaturated/α-hetero) is 1. The molecule has 0 spiro atoms. The second kappa shape index (κ2) is 13.9. The summed E-state index contributed by atoms with van der Waals surface area (Å²) in [6, 6.07) is 30.9. The van der Waals surface area contributed by atoms with Crippen molar-refractivity contribution in [1.82, 2.24) is 9.80 Å². The summed E-state index contributed by atoms with van der Waals surface area (Å²) in [5.74, 6) is -0.0560. The molecule has 1 fully saturated rings. The summed E-state index contributed by atoms with van der Waals surface area (Å²) >= 11 is 0. The Kier molecular flexibility index (Phi) is 9.62. The SMILES string of the molecule is COc1cc(C2/C(=C(\O)c3ccc(OCc4ccccc4)cc3)C(=O)C(=O)N2CCN(C)C)ccc1OCc1ccccc1. The zero-order valence-corrected chi connectivity index (χ0v) is 25.1. The van der Waals surface area contributed by atoms with E-state index >= 15 is 0 Å². The molecule has 1 atom stereocenters. The number of rotatable bonds is 12. The average Bonchev–Trinajstić information content (AvgIpc) is 3.31. The summed E-state index contributed by atoms with van der Waals surface area (Å²) in [4.78, 5) is 30.2. The lowest BCUT2D eigenvalue weighted by atomic mass is 9.95. The van der Waals surface area contributed by atoms with E-state index in [1.54, 1.807) is 49.6 Å². The molecule has 44 heavy (non-hydrogen) atoms. The number of methoxy groups -OCH3 is 1. The molecule has 8 nitrogen and oxygen atoms in total. The highest BCUT2D eigenvalue weighted by Gasteiger charge is 2.46. The van der Waals surface area contributed by atoms with Crippen LogP contribution in [0.25, 0.3) is 5.76 Å².